The van der Waals surface area contributed by atoms with Gasteiger partial charge in [-0.25, -0.2) is 19.4 Å². The topological polar surface area (TPSA) is 107 Å². The fourth-order valence-electron chi connectivity index (χ4n) is 2.76. The van der Waals surface area contributed by atoms with Gasteiger partial charge in [-0.2, -0.15) is 0 Å². The van der Waals surface area contributed by atoms with E-state index in [-0.39, 0.29) is 5.65 Å². The number of benzene rings is 1. The van der Waals surface area contributed by atoms with Crippen LogP contribution in [0.3, 0.4) is 0 Å². The van der Waals surface area contributed by atoms with E-state index in [1.54, 1.807) is 4.57 Å². The first-order chi connectivity index (χ1) is 10.7. The van der Waals surface area contributed by atoms with Crippen molar-refractivity contribution in [3.05, 3.63) is 24.3 Å². The molecule has 1 atom stereocenters. The molecule has 0 spiro atoms. The van der Waals surface area contributed by atoms with Gasteiger partial charge >= 0.3 is 5.97 Å². The molecule has 1 N–H and O–H groups in total. The van der Waals surface area contributed by atoms with Gasteiger partial charge in [-0.15, -0.1) is 0 Å². The van der Waals surface area contributed by atoms with Gasteiger partial charge in [0.1, 0.15) is 11.6 Å². The van der Waals surface area contributed by atoms with Gasteiger partial charge in [-0.05, 0) is 22.8 Å². The molecule has 1 unspecified atom stereocenters. The van der Waals surface area contributed by atoms with Crippen molar-refractivity contribution < 1.29 is 14.5 Å². The predicted octanol–water partition coefficient (Wildman–Crippen LogP) is 2.16. The number of hydrogen-bond donors (Lipinski definition) is 1. The largest absolute Gasteiger partial charge is 0.480 e. The average molecular weight is 297 g/mol. The minimum Gasteiger partial charge on any atom is -0.480 e. The van der Waals surface area contributed by atoms with E-state index in [4.69, 9.17) is 0 Å². The molecule has 3 aromatic heterocycles. The molecule has 0 radical (unpaired) electrons. The number of aromatic nitrogens is 5. The van der Waals surface area contributed by atoms with Crippen LogP contribution in [0.15, 0.2) is 28.9 Å². The fourth-order valence-corrected chi connectivity index (χ4v) is 2.76. The van der Waals surface area contributed by atoms with E-state index in [2.05, 4.69) is 24.9 Å². The van der Waals surface area contributed by atoms with Crippen molar-refractivity contribution in [1.29, 1.82) is 0 Å². The van der Waals surface area contributed by atoms with Crippen LogP contribution in [-0.4, -0.2) is 35.9 Å². The summed E-state index contributed by atoms with van der Waals surface area (Å²) in [5.41, 5.74) is 2.41. The minimum atomic E-state index is -0.912. The molecule has 0 fully saturated rings. The summed E-state index contributed by atoms with van der Waals surface area (Å²) in [6.07, 6.45) is 0.430. The molecule has 0 aliphatic heterocycles. The van der Waals surface area contributed by atoms with Crippen LogP contribution < -0.4 is 0 Å². The smallest absolute Gasteiger partial charge is 0.326 e. The van der Waals surface area contributed by atoms with Gasteiger partial charge in [-0.3, -0.25) is 0 Å². The molecule has 4 rings (SSSR count). The van der Waals surface area contributed by atoms with Gasteiger partial charge in [0.05, 0.1) is 5.52 Å². The van der Waals surface area contributed by atoms with Crippen LogP contribution in [0.1, 0.15) is 19.4 Å². The Kier molecular flexibility index (Phi) is 2.59. The van der Waals surface area contributed by atoms with Gasteiger partial charge < -0.3 is 9.67 Å². The molecule has 0 aliphatic carbocycles. The Balaban J connectivity index is 2.21. The van der Waals surface area contributed by atoms with Crippen molar-refractivity contribution in [2.24, 2.45) is 0 Å². The van der Waals surface area contributed by atoms with Gasteiger partial charge in [0.25, 0.3) is 0 Å². The summed E-state index contributed by atoms with van der Waals surface area (Å²) in [7, 11) is 0. The van der Waals surface area contributed by atoms with Crippen molar-refractivity contribution in [3.63, 3.8) is 0 Å². The van der Waals surface area contributed by atoms with Crippen LogP contribution >= 0.6 is 0 Å². The molecule has 22 heavy (non-hydrogen) atoms. The third kappa shape index (κ3) is 1.60. The number of hydrogen-bond acceptors (Lipinski definition) is 6. The van der Waals surface area contributed by atoms with E-state index in [0.29, 0.717) is 23.2 Å². The summed E-state index contributed by atoms with van der Waals surface area (Å²) in [5.74, 6) is -0.912. The summed E-state index contributed by atoms with van der Waals surface area (Å²) >= 11 is 0. The van der Waals surface area contributed by atoms with Crippen molar-refractivity contribution >= 4 is 39.3 Å². The molecule has 3 heterocycles. The number of aliphatic carboxylic acids is 1. The molecule has 8 nitrogen and oxygen atoms in total. The first kappa shape index (κ1) is 12.7. The molecule has 0 bridgehead atoms. The molecule has 0 aliphatic rings. The van der Waals surface area contributed by atoms with E-state index < -0.39 is 12.0 Å². The van der Waals surface area contributed by atoms with E-state index in [1.165, 1.54) is 0 Å². The molecule has 4 aromatic rings. The molecule has 8 heteroatoms. The normalized spacial score (nSPS) is 13.1. The van der Waals surface area contributed by atoms with E-state index in [9.17, 15) is 9.90 Å². The number of para-hydroxylation sites is 1. The highest BCUT2D eigenvalue weighted by Crippen LogP contribution is 2.31. The lowest BCUT2D eigenvalue weighted by Crippen LogP contribution is -2.18. The van der Waals surface area contributed by atoms with Crippen molar-refractivity contribution in [2.45, 2.75) is 19.4 Å². The van der Waals surface area contributed by atoms with Crippen molar-refractivity contribution in [1.82, 2.24) is 24.8 Å². The highest BCUT2D eigenvalue weighted by molar-refractivity contribution is 6.06. The Morgan fingerprint density at radius 1 is 1.27 bits per heavy atom. The SMILES string of the molecule is CCC(C(=O)O)n1c2ccccc2c2nc3nonc3nc21. The highest BCUT2D eigenvalue weighted by Gasteiger charge is 2.25. The zero-order chi connectivity index (χ0) is 15.3. The summed E-state index contributed by atoms with van der Waals surface area (Å²) in [6.45, 7) is 1.82. The molecule has 1 aromatic carbocycles. The lowest BCUT2D eigenvalue weighted by Gasteiger charge is -2.14. The molecule has 110 valence electrons. The third-order valence-corrected chi connectivity index (χ3v) is 3.73. The highest BCUT2D eigenvalue weighted by atomic mass is 16.6. The molecule has 0 saturated carbocycles. The second-order valence-corrected chi connectivity index (χ2v) is 4.96. The summed E-state index contributed by atoms with van der Waals surface area (Å²) in [6, 6.07) is 6.75. The summed E-state index contributed by atoms with van der Waals surface area (Å²) in [5, 5.41) is 17.7. The predicted molar refractivity (Wildman–Crippen MR) is 77.4 cm³/mol. The Labute approximate surface area is 123 Å². The van der Waals surface area contributed by atoms with Gasteiger partial charge in [0.15, 0.2) is 5.65 Å². The molecular formula is C14H11N5O3. The second-order valence-electron chi connectivity index (χ2n) is 4.96. The summed E-state index contributed by atoms with van der Waals surface area (Å²) < 4.78 is 6.33. The van der Waals surface area contributed by atoms with Gasteiger partial charge in [0.2, 0.25) is 11.3 Å². The fraction of sp³-hybridized carbons (Fsp3) is 0.214. The lowest BCUT2D eigenvalue weighted by molar-refractivity contribution is -0.140. The zero-order valence-electron chi connectivity index (χ0n) is 11.6. The van der Waals surface area contributed by atoms with E-state index in [1.807, 2.05) is 31.2 Å². The number of carbonyl (C=O) groups is 1. The molecule has 0 amide bonds. The Bertz CT molecular complexity index is 1020. The number of carboxylic acids is 1. The third-order valence-electron chi connectivity index (χ3n) is 3.73. The first-order valence-corrected chi connectivity index (χ1v) is 6.82. The summed E-state index contributed by atoms with van der Waals surface area (Å²) in [4.78, 5) is 20.4. The maximum atomic E-state index is 11.6. The van der Waals surface area contributed by atoms with Gasteiger partial charge in [0, 0.05) is 5.39 Å². The molecule has 0 saturated heterocycles. The van der Waals surface area contributed by atoms with E-state index >= 15 is 0 Å². The standard InChI is InChI=1S/C14H11N5O3/c1-2-8(14(20)21)19-9-6-4-3-5-7(9)10-13(19)16-12-11(15-10)17-22-18-12/h3-6,8H,2H2,1H3,(H,20,21). The minimum absolute atomic E-state index is 0.261. The maximum Gasteiger partial charge on any atom is 0.326 e. The first-order valence-electron chi connectivity index (χ1n) is 6.82. The van der Waals surface area contributed by atoms with Crippen LogP contribution in [-0.2, 0) is 4.79 Å². The van der Waals surface area contributed by atoms with E-state index in [0.717, 1.165) is 10.9 Å². The Morgan fingerprint density at radius 3 is 2.73 bits per heavy atom. The average Bonchev–Trinajstić information content (AvgIpc) is 3.09. The van der Waals surface area contributed by atoms with Crippen LogP contribution in [0.4, 0.5) is 0 Å². The van der Waals surface area contributed by atoms with Crippen LogP contribution in [0.25, 0.3) is 33.4 Å². The Morgan fingerprint density at radius 2 is 2.00 bits per heavy atom. The monoisotopic (exact) mass is 297 g/mol. The number of rotatable bonds is 3. The van der Waals surface area contributed by atoms with Crippen molar-refractivity contribution in [2.75, 3.05) is 0 Å². The Hall–Kier alpha value is -3.03. The number of carboxylic acid groups (broad SMARTS) is 1. The quantitative estimate of drug-likeness (QED) is 0.617. The molecular weight excluding hydrogens is 286 g/mol. The van der Waals surface area contributed by atoms with Gasteiger partial charge in [-0.1, -0.05) is 25.1 Å². The number of fused-ring (bicyclic) bond motifs is 4. The lowest BCUT2D eigenvalue weighted by atomic mass is 10.2. The number of nitrogens with zero attached hydrogens (tertiary/aromatic N) is 5. The van der Waals surface area contributed by atoms with Crippen LogP contribution in [0.5, 0.6) is 0 Å². The van der Waals surface area contributed by atoms with Crippen LogP contribution in [0, 0.1) is 0 Å². The second kappa shape index (κ2) is 4.48. The van der Waals surface area contributed by atoms with Crippen LogP contribution in [0.2, 0.25) is 0 Å². The zero-order valence-corrected chi connectivity index (χ0v) is 11.6. The van der Waals surface area contributed by atoms with Crippen molar-refractivity contribution in [3.8, 4) is 0 Å². The maximum absolute atomic E-state index is 11.6.